The molecule has 2 aromatic rings. The normalized spacial score (nSPS) is 10.9. The maximum Gasteiger partial charge on any atom is 0.273 e. The predicted molar refractivity (Wildman–Crippen MR) is 74.7 cm³/mol. The van der Waals surface area contributed by atoms with Crippen molar-refractivity contribution < 1.29 is 0 Å². The van der Waals surface area contributed by atoms with Crippen LogP contribution >= 0.6 is 11.5 Å². The van der Waals surface area contributed by atoms with Crippen LogP contribution in [0.25, 0.3) is 17.8 Å². The van der Waals surface area contributed by atoms with Crippen molar-refractivity contribution in [1.82, 2.24) is 3.96 Å². The van der Waals surface area contributed by atoms with Gasteiger partial charge in [0.25, 0.3) is 5.56 Å². The molecule has 86 valence electrons. The van der Waals surface area contributed by atoms with Gasteiger partial charge in [0.1, 0.15) is 0 Å². The molecule has 1 heterocycles. The Hall–Kier alpha value is -1.87. The highest BCUT2D eigenvalue weighted by Gasteiger charge is 2.11. The number of hydrogen-bond acceptors (Lipinski definition) is 2. The second-order valence-corrected chi connectivity index (χ2v) is 4.50. The average Bonchev–Trinajstić information content (AvgIpc) is 2.69. The van der Waals surface area contributed by atoms with Gasteiger partial charge in [-0.25, -0.2) is 3.96 Å². The zero-order chi connectivity index (χ0) is 12.3. The lowest BCUT2D eigenvalue weighted by Gasteiger charge is -1.97. The lowest BCUT2D eigenvalue weighted by atomic mass is 10.2. The Morgan fingerprint density at radius 3 is 2.59 bits per heavy atom. The number of allylic oxidation sites excluding steroid dienone is 1. The number of nitrogens with zero attached hydrogens (tertiary/aromatic N) is 1. The third-order valence-electron chi connectivity index (χ3n) is 2.38. The Balaban J connectivity index is 2.65. The zero-order valence-corrected chi connectivity index (χ0v) is 10.4. The topological polar surface area (TPSA) is 22.0 Å². The molecule has 0 fully saturated rings. The highest BCUT2D eigenvalue weighted by Crippen LogP contribution is 2.19. The van der Waals surface area contributed by atoms with Crippen molar-refractivity contribution in [3.63, 3.8) is 0 Å². The minimum atomic E-state index is 0.00852. The highest BCUT2D eigenvalue weighted by atomic mass is 32.1. The Kier molecular flexibility index (Phi) is 3.40. The quantitative estimate of drug-likeness (QED) is 0.807. The highest BCUT2D eigenvalue weighted by molar-refractivity contribution is 7.08. The molecular weight excluding hydrogens is 230 g/mol. The van der Waals surface area contributed by atoms with Gasteiger partial charge in [0, 0.05) is 0 Å². The van der Waals surface area contributed by atoms with Gasteiger partial charge in [-0.1, -0.05) is 48.5 Å². The minimum Gasteiger partial charge on any atom is -0.267 e. The molecule has 3 heteroatoms. The smallest absolute Gasteiger partial charge is 0.267 e. The molecule has 1 aromatic heterocycles. The number of benzene rings is 1. The second kappa shape index (κ2) is 4.97. The van der Waals surface area contributed by atoms with Crippen LogP contribution in [0.3, 0.4) is 0 Å². The van der Waals surface area contributed by atoms with E-state index < -0.39 is 0 Å². The maximum atomic E-state index is 12.2. The van der Waals surface area contributed by atoms with Gasteiger partial charge in [-0.05, 0) is 25.1 Å². The summed E-state index contributed by atoms with van der Waals surface area (Å²) in [5, 5.41) is 0. The third-order valence-corrected chi connectivity index (χ3v) is 3.52. The van der Waals surface area contributed by atoms with Crippen molar-refractivity contribution in [3.05, 3.63) is 63.8 Å². The monoisotopic (exact) mass is 243 g/mol. The van der Waals surface area contributed by atoms with Crippen molar-refractivity contribution in [2.75, 3.05) is 0 Å². The third kappa shape index (κ3) is 2.15. The fraction of sp³-hybridized carbons (Fsp3) is 0.0714. The predicted octanol–water partition coefficient (Wildman–Crippen LogP) is 3.58. The van der Waals surface area contributed by atoms with Gasteiger partial charge >= 0.3 is 0 Å². The molecule has 0 saturated heterocycles. The van der Waals surface area contributed by atoms with Gasteiger partial charge in [-0.15, -0.1) is 0 Å². The van der Waals surface area contributed by atoms with Crippen molar-refractivity contribution in [3.8, 4) is 5.69 Å². The molecule has 0 aliphatic carbocycles. The van der Waals surface area contributed by atoms with E-state index in [1.54, 1.807) is 10.0 Å². The molecule has 1 aromatic carbocycles. The van der Waals surface area contributed by atoms with Crippen LogP contribution in [0.15, 0.2) is 47.8 Å². The van der Waals surface area contributed by atoms with Gasteiger partial charge in [-0.2, -0.15) is 0 Å². The summed E-state index contributed by atoms with van der Waals surface area (Å²) in [7, 11) is 0. The molecule has 2 nitrogen and oxygen atoms in total. The summed E-state index contributed by atoms with van der Waals surface area (Å²) in [6.45, 7) is 5.65. The van der Waals surface area contributed by atoms with E-state index in [0.717, 1.165) is 10.6 Å². The summed E-state index contributed by atoms with van der Waals surface area (Å²) in [6, 6.07) is 9.62. The molecule has 0 radical (unpaired) electrons. The Morgan fingerprint density at radius 2 is 2.00 bits per heavy atom. The summed E-state index contributed by atoms with van der Waals surface area (Å²) in [5.41, 5.74) is 1.60. The number of rotatable bonds is 3. The average molecular weight is 243 g/mol. The van der Waals surface area contributed by atoms with Gasteiger partial charge in [0.15, 0.2) is 0 Å². The van der Waals surface area contributed by atoms with Gasteiger partial charge in [-0.3, -0.25) is 4.79 Å². The molecule has 0 N–H and O–H groups in total. The molecular formula is C14H13NOS. The minimum absolute atomic E-state index is 0.00852. The van der Waals surface area contributed by atoms with Gasteiger partial charge < -0.3 is 0 Å². The molecule has 2 rings (SSSR count). The lowest BCUT2D eigenvalue weighted by molar-refractivity contribution is 1.13. The molecule has 0 saturated carbocycles. The van der Waals surface area contributed by atoms with E-state index in [-0.39, 0.29) is 5.56 Å². The largest absolute Gasteiger partial charge is 0.273 e. The van der Waals surface area contributed by atoms with Crippen LogP contribution in [-0.2, 0) is 0 Å². The summed E-state index contributed by atoms with van der Waals surface area (Å²) in [6.07, 6.45) is 5.42. The summed E-state index contributed by atoms with van der Waals surface area (Å²) in [5.74, 6) is 0. The SMILES string of the molecule is C=Cc1sn(-c2ccccc2)c(=O)c1/C=C\C. The first-order chi connectivity index (χ1) is 8.27. The zero-order valence-electron chi connectivity index (χ0n) is 9.59. The number of aromatic nitrogens is 1. The lowest BCUT2D eigenvalue weighted by Crippen LogP contribution is -2.12. The first-order valence-electron chi connectivity index (χ1n) is 5.35. The maximum absolute atomic E-state index is 12.2. The molecule has 0 aliphatic rings. The first kappa shape index (κ1) is 11.6. The van der Waals surface area contributed by atoms with Crippen LogP contribution in [-0.4, -0.2) is 3.96 Å². The van der Waals surface area contributed by atoms with Crippen LogP contribution in [0, 0.1) is 0 Å². The van der Waals surface area contributed by atoms with Crippen LogP contribution in [0.2, 0.25) is 0 Å². The van der Waals surface area contributed by atoms with E-state index >= 15 is 0 Å². The van der Waals surface area contributed by atoms with Crippen molar-refractivity contribution >= 4 is 23.7 Å². The summed E-state index contributed by atoms with van der Waals surface area (Å²) >= 11 is 1.41. The van der Waals surface area contributed by atoms with Crippen molar-refractivity contribution in [1.29, 1.82) is 0 Å². The van der Waals surface area contributed by atoms with E-state index in [9.17, 15) is 4.79 Å². The van der Waals surface area contributed by atoms with Crippen LogP contribution in [0.4, 0.5) is 0 Å². The molecule has 0 unspecified atom stereocenters. The Morgan fingerprint density at radius 1 is 1.29 bits per heavy atom. The van der Waals surface area contributed by atoms with Gasteiger partial charge in [0.05, 0.1) is 16.1 Å². The Bertz CT molecular complexity index is 605. The molecule has 0 spiro atoms. The standard InChI is InChI=1S/C14H13NOS/c1-3-8-12-13(4-2)17-15(14(12)16)11-9-6-5-7-10-11/h3-10H,2H2,1H3/b8-3-. The second-order valence-electron chi connectivity index (χ2n) is 3.51. The summed E-state index contributed by atoms with van der Waals surface area (Å²) in [4.78, 5) is 13.1. The molecule has 0 amide bonds. The fourth-order valence-electron chi connectivity index (χ4n) is 1.60. The molecule has 0 aliphatic heterocycles. The first-order valence-corrected chi connectivity index (χ1v) is 6.12. The fourth-order valence-corrected chi connectivity index (χ4v) is 2.54. The van der Waals surface area contributed by atoms with Crippen LogP contribution in [0.5, 0.6) is 0 Å². The summed E-state index contributed by atoms with van der Waals surface area (Å²) < 4.78 is 1.69. The van der Waals surface area contributed by atoms with Crippen LogP contribution < -0.4 is 5.56 Å². The van der Waals surface area contributed by atoms with E-state index in [1.165, 1.54) is 11.5 Å². The molecule has 17 heavy (non-hydrogen) atoms. The molecule has 0 bridgehead atoms. The Labute approximate surface area is 104 Å². The van der Waals surface area contributed by atoms with Crippen molar-refractivity contribution in [2.45, 2.75) is 6.92 Å². The van der Waals surface area contributed by atoms with Gasteiger partial charge in [0.2, 0.25) is 0 Å². The van der Waals surface area contributed by atoms with E-state index in [0.29, 0.717) is 5.56 Å². The van der Waals surface area contributed by atoms with E-state index in [4.69, 9.17) is 0 Å². The van der Waals surface area contributed by atoms with E-state index in [2.05, 4.69) is 6.58 Å². The van der Waals surface area contributed by atoms with Crippen LogP contribution in [0.1, 0.15) is 17.4 Å². The van der Waals surface area contributed by atoms with E-state index in [1.807, 2.05) is 49.4 Å². The number of para-hydroxylation sites is 1. The molecule has 0 atom stereocenters. The van der Waals surface area contributed by atoms with Crippen molar-refractivity contribution in [2.24, 2.45) is 0 Å². The number of hydrogen-bond donors (Lipinski definition) is 0.